The van der Waals surface area contributed by atoms with Crippen molar-refractivity contribution in [3.63, 3.8) is 0 Å². The summed E-state index contributed by atoms with van der Waals surface area (Å²) in [4.78, 5) is 17.0. The van der Waals surface area contributed by atoms with Crippen LogP contribution in [0.5, 0.6) is 0 Å². The number of thiazole rings is 1. The van der Waals surface area contributed by atoms with Gasteiger partial charge in [0.1, 0.15) is 10.0 Å². The van der Waals surface area contributed by atoms with Crippen LogP contribution >= 0.6 is 22.9 Å². The molecule has 0 unspecified atom stereocenters. The summed E-state index contributed by atoms with van der Waals surface area (Å²) in [6.07, 6.45) is 3.73. The molecular weight excluding hydrogens is 394 g/mol. The Morgan fingerprint density at radius 2 is 2.26 bits per heavy atom. The minimum absolute atomic E-state index is 0.124. The number of rotatable bonds is 4. The first-order valence-electron chi connectivity index (χ1n) is 8.62. The van der Waals surface area contributed by atoms with E-state index in [2.05, 4.69) is 10.1 Å². The number of carbonyl (C=O) groups is 1. The number of ketones is 1. The van der Waals surface area contributed by atoms with Gasteiger partial charge >= 0.3 is 0 Å². The smallest absolute Gasteiger partial charge is 0.252 e. The summed E-state index contributed by atoms with van der Waals surface area (Å²) in [5, 5.41) is 4.36. The lowest BCUT2D eigenvalue weighted by Crippen LogP contribution is -2.46. The highest BCUT2D eigenvalue weighted by Crippen LogP contribution is 2.41. The third kappa shape index (κ3) is 3.37. The molecule has 1 fully saturated rings. The molecule has 3 heterocycles. The Bertz CT molecular complexity index is 1000. The van der Waals surface area contributed by atoms with Gasteiger partial charge in [0.05, 0.1) is 11.7 Å². The Kier molecular flexibility index (Phi) is 4.73. The van der Waals surface area contributed by atoms with E-state index in [-0.39, 0.29) is 17.8 Å². The van der Waals surface area contributed by atoms with Gasteiger partial charge in [-0.3, -0.25) is 4.79 Å². The van der Waals surface area contributed by atoms with Gasteiger partial charge in [0, 0.05) is 36.6 Å². The van der Waals surface area contributed by atoms with Gasteiger partial charge in [0.15, 0.2) is 10.8 Å². The highest BCUT2D eigenvalue weighted by Gasteiger charge is 2.46. The molecule has 2 atom stereocenters. The van der Waals surface area contributed by atoms with E-state index in [4.69, 9.17) is 17.3 Å². The number of nitrogens with zero attached hydrogens (tertiary/aromatic N) is 3. The Balaban J connectivity index is 1.62. The van der Waals surface area contributed by atoms with E-state index in [1.165, 1.54) is 0 Å². The van der Waals surface area contributed by atoms with Gasteiger partial charge in [-0.2, -0.15) is 5.10 Å². The largest absolute Gasteiger partial charge is 0.327 e. The molecule has 142 valence electrons. The summed E-state index contributed by atoms with van der Waals surface area (Å²) in [6, 6.07) is 4.88. The summed E-state index contributed by atoms with van der Waals surface area (Å²) in [5.41, 5.74) is 7.79. The van der Waals surface area contributed by atoms with Crippen LogP contribution in [-0.2, 0) is 0 Å². The summed E-state index contributed by atoms with van der Waals surface area (Å²) in [6.45, 7) is 0. The molecule has 0 saturated heterocycles. The van der Waals surface area contributed by atoms with Crippen LogP contribution in [0.15, 0.2) is 30.6 Å². The zero-order chi connectivity index (χ0) is 19.2. The number of carbonyl (C=O) groups excluding carboxylic acids is 1. The lowest BCUT2D eigenvalue weighted by molar-refractivity contribution is -0.0923. The van der Waals surface area contributed by atoms with Crippen molar-refractivity contribution in [1.82, 2.24) is 14.6 Å². The Labute approximate surface area is 163 Å². The number of nitrogens with two attached hydrogens (primary N) is 1. The van der Waals surface area contributed by atoms with Crippen molar-refractivity contribution in [2.45, 2.75) is 37.6 Å². The van der Waals surface area contributed by atoms with Crippen LogP contribution in [-0.4, -0.2) is 32.3 Å². The van der Waals surface area contributed by atoms with Gasteiger partial charge < -0.3 is 5.73 Å². The van der Waals surface area contributed by atoms with Crippen LogP contribution in [0.3, 0.4) is 0 Å². The summed E-state index contributed by atoms with van der Waals surface area (Å²) in [7, 11) is 0. The van der Waals surface area contributed by atoms with E-state index in [9.17, 15) is 13.6 Å². The first kappa shape index (κ1) is 18.5. The van der Waals surface area contributed by atoms with Crippen molar-refractivity contribution < 1.29 is 13.6 Å². The Hall–Kier alpha value is -1.90. The molecule has 3 aromatic heterocycles. The van der Waals surface area contributed by atoms with Crippen molar-refractivity contribution >= 4 is 34.2 Å². The predicted octanol–water partition coefficient (Wildman–Crippen LogP) is 4.45. The first-order valence-corrected chi connectivity index (χ1v) is 9.82. The van der Waals surface area contributed by atoms with E-state index in [1.807, 2.05) is 18.2 Å². The normalized spacial score (nSPS) is 22.2. The SMILES string of the molecule is N[C@@H]1CCCC(F)(F)[C@@H]1CC(=O)c1nc(-c2cnn3ccccc23)c(Cl)s1. The van der Waals surface area contributed by atoms with E-state index < -0.39 is 23.7 Å². The molecule has 0 bridgehead atoms. The highest BCUT2D eigenvalue weighted by atomic mass is 35.5. The second kappa shape index (κ2) is 6.92. The molecule has 1 saturated carbocycles. The fraction of sp³-hybridized carbons (Fsp3) is 0.389. The molecule has 0 spiro atoms. The van der Waals surface area contributed by atoms with Gasteiger partial charge in [0.25, 0.3) is 5.92 Å². The zero-order valence-corrected chi connectivity index (χ0v) is 15.8. The molecule has 9 heteroatoms. The van der Waals surface area contributed by atoms with Crippen LogP contribution in [0.2, 0.25) is 4.34 Å². The monoisotopic (exact) mass is 410 g/mol. The average molecular weight is 411 g/mol. The molecule has 2 N–H and O–H groups in total. The number of aromatic nitrogens is 3. The molecule has 0 aliphatic heterocycles. The maximum Gasteiger partial charge on any atom is 0.252 e. The van der Waals surface area contributed by atoms with Crippen molar-refractivity contribution in [3.8, 4) is 11.3 Å². The number of hydrogen-bond acceptors (Lipinski definition) is 5. The predicted molar refractivity (Wildman–Crippen MR) is 101 cm³/mol. The van der Waals surface area contributed by atoms with Crippen molar-refractivity contribution in [1.29, 1.82) is 0 Å². The van der Waals surface area contributed by atoms with Gasteiger partial charge in [-0.1, -0.05) is 29.0 Å². The third-order valence-corrected chi connectivity index (χ3v) is 6.31. The van der Waals surface area contributed by atoms with E-state index in [1.54, 1.807) is 16.9 Å². The topological polar surface area (TPSA) is 73.3 Å². The van der Waals surface area contributed by atoms with Crippen LogP contribution < -0.4 is 5.73 Å². The second-order valence-electron chi connectivity index (χ2n) is 6.78. The molecule has 1 aliphatic carbocycles. The molecule has 5 nitrogen and oxygen atoms in total. The minimum atomic E-state index is -2.93. The fourth-order valence-corrected chi connectivity index (χ4v) is 4.68. The van der Waals surface area contributed by atoms with E-state index in [0.29, 0.717) is 28.4 Å². The molecular formula is C18H17ClF2N4OS. The molecule has 27 heavy (non-hydrogen) atoms. The molecule has 1 aliphatic rings. The number of hydrogen-bond donors (Lipinski definition) is 1. The van der Waals surface area contributed by atoms with Crippen LogP contribution in [0.25, 0.3) is 16.8 Å². The molecule has 4 rings (SSSR count). The summed E-state index contributed by atoms with van der Waals surface area (Å²) >= 11 is 7.30. The average Bonchev–Trinajstić information content (AvgIpc) is 3.21. The van der Waals surface area contributed by atoms with Crippen LogP contribution in [0.4, 0.5) is 8.78 Å². The maximum atomic E-state index is 14.2. The lowest BCUT2D eigenvalue weighted by atomic mass is 9.79. The van der Waals surface area contributed by atoms with E-state index >= 15 is 0 Å². The fourth-order valence-electron chi connectivity index (χ4n) is 3.56. The molecule has 0 aromatic carbocycles. The Morgan fingerprint density at radius 3 is 3.04 bits per heavy atom. The van der Waals surface area contributed by atoms with Crippen LogP contribution in [0.1, 0.15) is 35.5 Å². The summed E-state index contributed by atoms with van der Waals surface area (Å²) < 4.78 is 30.4. The van der Waals surface area contributed by atoms with E-state index in [0.717, 1.165) is 16.9 Å². The van der Waals surface area contributed by atoms with Gasteiger partial charge in [0.2, 0.25) is 0 Å². The number of halogens is 3. The Morgan fingerprint density at radius 1 is 1.44 bits per heavy atom. The third-order valence-electron chi connectivity index (χ3n) is 5.02. The first-order chi connectivity index (χ1) is 12.9. The van der Waals surface area contributed by atoms with Gasteiger partial charge in [-0.25, -0.2) is 18.3 Å². The lowest BCUT2D eigenvalue weighted by Gasteiger charge is -2.35. The van der Waals surface area contributed by atoms with Crippen molar-refractivity contribution in [2.75, 3.05) is 0 Å². The quantitative estimate of drug-likeness (QED) is 0.645. The maximum absolute atomic E-state index is 14.2. The van der Waals surface area contributed by atoms with Gasteiger partial charge in [-0.15, -0.1) is 0 Å². The van der Waals surface area contributed by atoms with Crippen molar-refractivity contribution in [3.05, 3.63) is 39.9 Å². The number of fused-ring (bicyclic) bond motifs is 1. The molecule has 0 amide bonds. The van der Waals surface area contributed by atoms with Crippen LogP contribution in [0, 0.1) is 5.92 Å². The minimum Gasteiger partial charge on any atom is -0.327 e. The molecule has 0 radical (unpaired) electrons. The van der Waals surface area contributed by atoms with Gasteiger partial charge in [-0.05, 0) is 25.0 Å². The highest BCUT2D eigenvalue weighted by molar-refractivity contribution is 7.18. The number of alkyl halides is 2. The summed E-state index contributed by atoms with van der Waals surface area (Å²) in [5.74, 6) is -4.55. The standard InChI is InChI=1S/C18H17ClF2N4OS/c19-16-15(10-9-23-25-7-2-1-5-13(10)25)24-17(27-16)14(26)8-11-12(22)4-3-6-18(11,20)21/h1-2,5,7,9,11-12H,3-4,6,8,22H2/t11-,12-/m1/s1. The van der Waals surface area contributed by atoms with Crippen molar-refractivity contribution in [2.24, 2.45) is 11.7 Å². The molecule has 3 aromatic rings. The number of Topliss-reactive ketones (excluding diaryl/α,β-unsaturated/α-hetero) is 1. The zero-order valence-electron chi connectivity index (χ0n) is 14.2. The number of pyridine rings is 1. The second-order valence-corrected chi connectivity index (χ2v) is 8.38.